The first-order valence-corrected chi connectivity index (χ1v) is 6.80. The molecule has 7 heteroatoms. The van der Waals surface area contributed by atoms with E-state index in [4.69, 9.17) is 16.7 Å². The number of nitrogens with one attached hydrogen (secondary N) is 1. The zero-order valence-electron chi connectivity index (χ0n) is 10.9. The van der Waals surface area contributed by atoms with Gasteiger partial charge in [-0.05, 0) is 30.7 Å². The summed E-state index contributed by atoms with van der Waals surface area (Å²) in [6.45, 7) is 1.84. The van der Waals surface area contributed by atoms with Crippen LogP contribution < -0.4 is 10.6 Å². The molecule has 0 aliphatic rings. The van der Waals surface area contributed by atoms with Crippen LogP contribution in [0.4, 0.5) is 20.2 Å². The first-order chi connectivity index (χ1) is 9.81. The molecule has 2 aromatic rings. The van der Waals surface area contributed by atoms with E-state index in [2.05, 4.69) is 5.32 Å². The fourth-order valence-corrected chi connectivity index (χ4v) is 2.45. The van der Waals surface area contributed by atoms with Crippen molar-refractivity contribution in [3.8, 4) is 0 Å². The summed E-state index contributed by atoms with van der Waals surface area (Å²) < 4.78 is 27.0. The van der Waals surface area contributed by atoms with E-state index in [0.717, 1.165) is 5.56 Å². The third-order valence-corrected chi connectivity index (χ3v) is 3.73. The maximum atomic E-state index is 13.6. The molecule has 3 nitrogen and oxygen atoms in total. The van der Waals surface area contributed by atoms with Gasteiger partial charge in [0, 0.05) is 5.30 Å². The number of benzene rings is 2. The number of anilines is 2. The normalized spacial score (nSPS) is 10.5. The Hall–Kier alpha value is -1.71. The lowest BCUT2D eigenvalue weighted by atomic mass is 10.1. The van der Waals surface area contributed by atoms with Gasteiger partial charge in [-0.2, -0.15) is 0 Å². The van der Waals surface area contributed by atoms with E-state index in [-0.39, 0.29) is 16.6 Å². The van der Waals surface area contributed by atoms with Gasteiger partial charge >= 0.3 is 5.97 Å². The summed E-state index contributed by atoms with van der Waals surface area (Å²) in [5, 5.41) is 12.0. The molecule has 0 aliphatic carbocycles. The zero-order valence-corrected chi connectivity index (χ0v) is 12.8. The maximum absolute atomic E-state index is 13.6. The van der Waals surface area contributed by atoms with Crippen LogP contribution in [0, 0.1) is 18.6 Å². The summed E-state index contributed by atoms with van der Waals surface area (Å²) in [5.41, 5.74) is 0.882. The Bertz CT molecular complexity index is 737. The number of halogens is 3. The zero-order chi connectivity index (χ0) is 15.7. The molecule has 0 spiro atoms. The molecule has 2 N–H and O–H groups in total. The number of carbonyl (C=O) groups is 1. The average molecular weight is 330 g/mol. The van der Waals surface area contributed by atoms with E-state index < -0.39 is 17.6 Å². The van der Waals surface area contributed by atoms with E-state index in [9.17, 15) is 13.6 Å². The van der Waals surface area contributed by atoms with Gasteiger partial charge in [-0.3, -0.25) is 0 Å². The van der Waals surface area contributed by atoms with Crippen molar-refractivity contribution in [3.63, 3.8) is 0 Å². The second-order valence-electron chi connectivity index (χ2n) is 4.42. The average Bonchev–Trinajstić information content (AvgIpc) is 2.41. The summed E-state index contributed by atoms with van der Waals surface area (Å²) in [7, 11) is 2.00. The Morgan fingerprint density at radius 1 is 1.33 bits per heavy atom. The number of rotatable bonds is 3. The number of carboxylic acid groups (broad SMARTS) is 1. The molecule has 2 aromatic carbocycles. The number of hydrogen-bond acceptors (Lipinski definition) is 2. The van der Waals surface area contributed by atoms with Crippen LogP contribution in [0.2, 0.25) is 5.02 Å². The smallest absolute Gasteiger partial charge is 0.337 e. The number of aryl methyl sites for hydroxylation is 1. The van der Waals surface area contributed by atoms with Crippen LogP contribution in [0.5, 0.6) is 0 Å². The van der Waals surface area contributed by atoms with Crippen LogP contribution in [-0.2, 0) is 0 Å². The second kappa shape index (κ2) is 5.96. The van der Waals surface area contributed by atoms with Crippen molar-refractivity contribution in [3.05, 3.63) is 52.0 Å². The minimum atomic E-state index is -1.37. The lowest BCUT2D eigenvalue weighted by Crippen LogP contribution is -2.15. The van der Waals surface area contributed by atoms with E-state index in [1.165, 1.54) is 0 Å². The van der Waals surface area contributed by atoms with E-state index >= 15 is 0 Å². The van der Waals surface area contributed by atoms with Gasteiger partial charge < -0.3 is 10.4 Å². The Labute approximate surface area is 127 Å². The first-order valence-electron chi connectivity index (χ1n) is 5.85. The molecule has 0 heterocycles. The number of hydrogen-bond donors (Lipinski definition) is 2. The second-order valence-corrected chi connectivity index (χ2v) is 5.41. The van der Waals surface area contributed by atoms with Gasteiger partial charge in [-0.25, -0.2) is 13.6 Å². The molecule has 0 saturated carbocycles. The highest BCUT2D eigenvalue weighted by Crippen LogP contribution is 2.29. The topological polar surface area (TPSA) is 49.3 Å². The largest absolute Gasteiger partial charge is 0.478 e. The van der Waals surface area contributed by atoms with Gasteiger partial charge in [0.25, 0.3) is 0 Å². The van der Waals surface area contributed by atoms with Crippen molar-refractivity contribution in [1.82, 2.24) is 0 Å². The summed E-state index contributed by atoms with van der Waals surface area (Å²) in [5.74, 6) is -3.72. The molecule has 21 heavy (non-hydrogen) atoms. The van der Waals surface area contributed by atoms with Gasteiger partial charge in [0.1, 0.15) is 0 Å². The fraction of sp³-hybridized carbons (Fsp3) is 0.0714. The van der Waals surface area contributed by atoms with Crippen LogP contribution in [0.25, 0.3) is 0 Å². The molecule has 0 aliphatic heterocycles. The van der Waals surface area contributed by atoms with Crippen molar-refractivity contribution < 1.29 is 18.7 Å². The van der Waals surface area contributed by atoms with Crippen molar-refractivity contribution in [2.75, 3.05) is 5.32 Å². The predicted octanol–water partition coefficient (Wildman–Crippen LogP) is 3.87. The highest BCUT2D eigenvalue weighted by molar-refractivity contribution is 7.28. The molecular weight excluding hydrogens is 319 g/mol. The minimum Gasteiger partial charge on any atom is -0.478 e. The fourth-order valence-electron chi connectivity index (χ4n) is 1.81. The van der Waals surface area contributed by atoms with E-state index in [0.29, 0.717) is 16.8 Å². The standard InChI is InChI=1S/C14H11ClF2NO2P/c1-6-2-3-10(8(15)4-6)18-12-7(14(19)20)5-9(16)11(17)13(12)21/h2-5,18H,21H2,1H3,(H,19,20). The van der Waals surface area contributed by atoms with Gasteiger partial charge in [0.05, 0.1) is 22.0 Å². The summed E-state index contributed by atoms with van der Waals surface area (Å²) in [6.07, 6.45) is 0. The molecule has 0 aromatic heterocycles. The molecule has 0 bridgehead atoms. The van der Waals surface area contributed by atoms with Crippen molar-refractivity contribution in [2.24, 2.45) is 0 Å². The quantitative estimate of drug-likeness (QED) is 0.840. The van der Waals surface area contributed by atoms with E-state index in [1.54, 1.807) is 18.2 Å². The van der Waals surface area contributed by atoms with E-state index in [1.807, 2.05) is 16.2 Å². The third-order valence-electron chi connectivity index (χ3n) is 2.87. The molecule has 0 saturated heterocycles. The summed E-state index contributed by atoms with van der Waals surface area (Å²) in [4.78, 5) is 11.2. The molecule has 1 unspecified atom stereocenters. The van der Waals surface area contributed by atoms with Gasteiger partial charge in [0.2, 0.25) is 0 Å². The Morgan fingerprint density at radius 3 is 2.57 bits per heavy atom. The molecule has 1 atom stereocenters. The molecule has 0 fully saturated rings. The first kappa shape index (κ1) is 15.7. The summed E-state index contributed by atoms with van der Waals surface area (Å²) in [6, 6.07) is 5.70. The lowest BCUT2D eigenvalue weighted by molar-refractivity contribution is 0.0697. The van der Waals surface area contributed by atoms with Crippen molar-refractivity contribution in [2.45, 2.75) is 6.92 Å². The van der Waals surface area contributed by atoms with Gasteiger partial charge in [0.15, 0.2) is 11.6 Å². The van der Waals surface area contributed by atoms with Gasteiger partial charge in [-0.1, -0.05) is 17.7 Å². The molecule has 2 rings (SSSR count). The molecule has 110 valence electrons. The Morgan fingerprint density at radius 2 is 2.00 bits per heavy atom. The monoisotopic (exact) mass is 329 g/mol. The highest BCUT2D eigenvalue weighted by atomic mass is 35.5. The summed E-state index contributed by atoms with van der Waals surface area (Å²) >= 11 is 6.05. The van der Waals surface area contributed by atoms with Crippen LogP contribution in [0.1, 0.15) is 15.9 Å². The maximum Gasteiger partial charge on any atom is 0.337 e. The predicted molar refractivity (Wildman–Crippen MR) is 82.1 cm³/mol. The van der Waals surface area contributed by atoms with Gasteiger partial charge in [-0.15, -0.1) is 9.24 Å². The highest BCUT2D eigenvalue weighted by Gasteiger charge is 2.20. The number of aromatic carboxylic acids is 1. The Balaban J connectivity index is 2.57. The number of carboxylic acids is 1. The molecular formula is C14H11ClF2NO2P. The third kappa shape index (κ3) is 3.14. The lowest BCUT2D eigenvalue weighted by Gasteiger charge is -2.15. The SMILES string of the molecule is Cc1ccc(Nc2c(C(=O)O)cc(F)c(F)c2P)c(Cl)c1. The van der Waals surface area contributed by atoms with Crippen molar-refractivity contribution in [1.29, 1.82) is 0 Å². The van der Waals surface area contributed by atoms with Crippen molar-refractivity contribution >= 4 is 43.5 Å². The Kier molecular flexibility index (Phi) is 4.45. The van der Waals surface area contributed by atoms with Crippen LogP contribution in [0.15, 0.2) is 24.3 Å². The minimum absolute atomic E-state index is 0.0582. The van der Waals surface area contributed by atoms with Crippen LogP contribution in [-0.4, -0.2) is 11.1 Å². The molecule has 0 amide bonds. The van der Waals surface area contributed by atoms with Crippen LogP contribution in [0.3, 0.4) is 0 Å². The van der Waals surface area contributed by atoms with Crippen LogP contribution >= 0.6 is 20.8 Å². The molecule has 0 radical (unpaired) electrons.